The average Bonchev–Trinajstić information content (AvgIpc) is 2.23. The summed E-state index contributed by atoms with van der Waals surface area (Å²) in [5.74, 6) is -0.302. The van der Waals surface area contributed by atoms with Crippen LogP contribution in [0.3, 0.4) is 0 Å². The highest BCUT2D eigenvalue weighted by atomic mass is 19.4. The Morgan fingerprint density at radius 3 is 2.28 bits per heavy atom. The highest BCUT2D eigenvalue weighted by Gasteiger charge is 2.61. The Hall–Kier alpha value is -0.850. The second kappa shape index (κ2) is 5.86. The molecule has 7 heteroatoms. The Kier molecular flexibility index (Phi) is 4.95. The molecule has 0 aromatic heterocycles. The molecule has 0 N–H and O–H groups in total. The Morgan fingerprint density at radius 1 is 1.17 bits per heavy atom. The number of halogens is 5. The van der Waals surface area contributed by atoms with Crippen LogP contribution < -0.4 is 0 Å². The summed E-state index contributed by atoms with van der Waals surface area (Å²) in [4.78, 5) is 0. The quantitative estimate of drug-likeness (QED) is 0.416. The van der Waals surface area contributed by atoms with Crippen LogP contribution in [0, 0.1) is 5.92 Å². The van der Waals surface area contributed by atoms with Gasteiger partial charge in [0.1, 0.15) is 0 Å². The topological polar surface area (TPSA) is 18.5 Å². The molecule has 0 amide bonds. The van der Waals surface area contributed by atoms with Crippen molar-refractivity contribution in [2.75, 3.05) is 6.61 Å². The minimum atomic E-state index is -5.66. The Bertz CT molecular complexity index is 288. The Labute approximate surface area is 102 Å². The molecule has 2 nitrogen and oxygen atoms in total. The van der Waals surface area contributed by atoms with E-state index in [1.54, 1.807) is 13.0 Å². The normalized spacial score (nSPS) is 25.2. The van der Waals surface area contributed by atoms with Crippen molar-refractivity contribution >= 4 is 0 Å². The maximum Gasteiger partial charge on any atom is 0.482 e. The third-order valence-electron chi connectivity index (χ3n) is 2.82. The molecule has 0 radical (unpaired) electrons. The van der Waals surface area contributed by atoms with Gasteiger partial charge in [0, 0.05) is 0 Å². The average molecular weight is 274 g/mol. The van der Waals surface area contributed by atoms with Crippen molar-refractivity contribution in [2.24, 2.45) is 5.92 Å². The van der Waals surface area contributed by atoms with Crippen molar-refractivity contribution in [2.45, 2.75) is 44.6 Å². The summed E-state index contributed by atoms with van der Waals surface area (Å²) in [5, 5.41) is 0. The molecule has 0 aromatic rings. The maximum absolute atomic E-state index is 12.6. The molecule has 0 aromatic carbocycles. The van der Waals surface area contributed by atoms with E-state index in [0.717, 1.165) is 0 Å². The molecule has 1 rings (SSSR count). The number of hydrogen-bond acceptors (Lipinski definition) is 2. The fraction of sp³-hybridized carbons (Fsp3) is 0.818. The van der Waals surface area contributed by atoms with Crippen LogP contribution in [0.2, 0.25) is 0 Å². The molecular formula is C11H15F5O2. The van der Waals surface area contributed by atoms with E-state index in [2.05, 4.69) is 4.74 Å². The van der Waals surface area contributed by atoms with Gasteiger partial charge in [0.25, 0.3) is 0 Å². The molecular weight excluding hydrogens is 259 g/mol. The lowest BCUT2D eigenvalue weighted by Gasteiger charge is -2.38. The van der Waals surface area contributed by atoms with E-state index in [0.29, 0.717) is 12.8 Å². The lowest BCUT2D eigenvalue weighted by molar-refractivity contribution is -0.411. The van der Waals surface area contributed by atoms with Crippen LogP contribution in [0.1, 0.15) is 26.2 Å². The van der Waals surface area contributed by atoms with Crippen molar-refractivity contribution in [3.05, 3.63) is 12.3 Å². The maximum atomic E-state index is 12.6. The second-order valence-electron chi connectivity index (χ2n) is 4.14. The van der Waals surface area contributed by atoms with Gasteiger partial charge in [-0.15, -0.1) is 0 Å². The lowest BCUT2D eigenvalue weighted by atomic mass is 9.80. The van der Waals surface area contributed by atoms with E-state index >= 15 is 0 Å². The van der Waals surface area contributed by atoms with E-state index in [1.165, 1.54) is 6.26 Å². The van der Waals surface area contributed by atoms with Crippen molar-refractivity contribution in [1.29, 1.82) is 0 Å². The third kappa shape index (κ3) is 3.83. The number of alkyl halides is 5. The largest absolute Gasteiger partial charge is 0.502 e. The number of rotatable bonds is 6. The van der Waals surface area contributed by atoms with Crippen LogP contribution in [-0.4, -0.2) is 25.0 Å². The number of allylic oxidation sites excluding steroid dienone is 1. The van der Waals surface area contributed by atoms with Gasteiger partial charge in [-0.2, -0.15) is 22.0 Å². The molecule has 0 bridgehead atoms. The third-order valence-corrected chi connectivity index (χ3v) is 2.82. The lowest BCUT2D eigenvalue weighted by Crippen LogP contribution is -2.47. The molecule has 2 unspecified atom stereocenters. The van der Waals surface area contributed by atoms with E-state index in [-0.39, 0.29) is 18.9 Å². The van der Waals surface area contributed by atoms with Crippen LogP contribution in [0.25, 0.3) is 0 Å². The van der Waals surface area contributed by atoms with Gasteiger partial charge in [0.2, 0.25) is 0 Å². The van der Waals surface area contributed by atoms with E-state index in [9.17, 15) is 22.0 Å². The van der Waals surface area contributed by atoms with Gasteiger partial charge in [-0.3, -0.25) is 0 Å². The molecule has 0 spiro atoms. The first-order chi connectivity index (χ1) is 8.28. The second-order valence-corrected chi connectivity index (χ2v) is 4.14. The fourth-order valence-electron chi connectivity index (χ4n) is 1.66. The number of ether oxygens (including phenoxy) is 2. The van der Waals surface area contributed by atoms with E-state index in [1.807, 2.05) is 0 Å². The first-order valence-electron chi connectivity index (χ1n) is 5.63. The van der Waals surface area contributed by atoms with Crippen molar-refractivity contribution < 1.29 is 31.4 Å². The highest BCUT2D eigenvalue weighted by molar-refractivity contribution is 4.84. The summed E-state index contributed by atoms with van der Waals surface area (Å²) in [6.45, 7) is 2.03. The molecule has 1 aliphatic carbocycles. The minimum Gasteiger partial charge on any atom is -0.502 e. The van der Waals surface area contributed by atoms with Crippen molar-refractivity contribution in [3.8, 4) is 0 Å². The first kappa shape index (κ1) is 15.2. The predicted octanol–water partition coefficient (Wildman–Crippen LogP) is 3.88. The van der Waals surface area contributed by atoms with Gasteiger partial charge in [-0.25, -0.2) is 0 Å². The molecule has 0 heterocycles. The van der Waals surface area contributed by atoms with E-state index < -0.39 is 18.4 Å². The SMILES string of the molecule is CC=COCCC1CCC1OC(F)(F)C(F)(F)F. The number of hydrogen-bond donors (Lipinski definition) is 0. The molecule has 2 atom stereocenters. The molecule has 1 fully saturated rings. The van der Waals surface area contributed by atoms with Crippen LogP contribution in [0.5, 0.6) is 0 Å². The van der Waals surface area contributed by atoms with Crippen LogP contribution in [-0.2, 0) is 9.47 Å². The van der Waals surface area contributed by atoms with Crippen LogP contribution >= 0.6 is 0 Å². The summed E-state index contributed by atoms with van der Waals surface area (Å²) in [7, 11) is 0. The minimum absolute atomic E-state index is 0.222. The van der Waals surface area contributed by atoms with Gasteiger partial charge < -0.3 is 9.47 Å². The van der Waals surface area contributed by atoms with Gasteiger partial charge >= 0.3 is 12.3 Å². The van der Waals surface area contributed by atoms with Crippen molar-refractivity contribution in [1.82, 2.24) is 0 Å². The molecule has 0 aliphatic heterocycles. The Balaban J connectivity index is 2.35. The zero-order chi connectivity index (χ0) is 13.8. The zero-order valence-electron chi connectivity index (χ0n) is 9.84. The van der Waals surface area contributed by atoms with E-state index in [4.69, 9.17) is 4.74 Å². The van der Waals surface area contributed by atoms with Crippen molar-refractivity contribution in [3.63, 3.8) is 0 Å². The molecule has 106 valence electrons. The van der Waals surface area contributed by atoms with Crippen LogP contribution in [0.15, 0.2) is 12.3 Å². The summed E-state index contributed by atoms with van der Waals surface area (Å²) >= 11 is 0. The zero-order valence-corrected chi connectivity index (χ0v) is 9.84. The molecule has 1 saturated carbocycles. The summed E-state index contributed by atoms with van der Waals surface area (Å²) in [5.41, 5.74) is 0. The van der Waals surface area contributed by atoms with Gasteiger partial charge in [-0.05, 0) is 32.1 Å². The van der Waals surface area contributed by atoms with Gasteiger partial charge in [0.15, 0.2) is 0 Å². The molecule has 0 saturated heterocycles. The smallest absolute Gasteiger partial charge is 0.482 e. The predicted molar refractivity (Wildman–Crippen MR) is 54.0 cm³/mol. The van der Waals surface area contributed by atoms with Gasteiger partial charge in [-0.1, -0.05) is 6.08 Å². The highest BCUT2D eigenvalue weighted by Crippen LogP contribution is 2.43. The van der Waals surface area contributed by atoms with Crippen LogP contribution in [0.4, 0.5) is 22.0 Å². The molecule has 1 aliphatic rings. The molecule has 18 heavy (non-hydrogen) atoms. The first-order valence-corrected chi connectivity index (χ1v) is 5.63. The Morgan fingerprint density at radius 2 is 1.83 bits per heavy atom. The summed E-state index contributed by atoms with van der Waals surface area (Å²) in [6, 6.07) is 0. The standard InChI is InChI=1S/C11H15F5O2/c1-2-6-17-7-5-8-3-4-9(8)18-11(15,16)10(12,13)14/h2,6,8-9H,3-5,7H2,1H3. The monoisotopic (exact) mass is 274 g/mol. The fourth-order valence-corrected chi connectivity index (χ4v) is 1.66. The summed E-state index contributed by atoms with van der Waals surface area (Å²) in [6.07, 6.45) is -7.46. The van der Waals surface area contributed by atoms with Gasteiger partial charge in [0.05, 0.1) is 19.0 Å². The summed E-state index contributed by atoms with van der Waals surface area (Å²) < 4.78 is 69.9.